The molecule has 0 unspecified atom stereocenters. The van der Waals surface area contributed by atoms with Crippen LogP contribution < -0.4 is 5.32 Å². The lowest BCUT2D eigenvalue weighted by Gasteiger charge is -2.26. The number of nitrogens with zero attached hydrogens (tertiary/aromatic N) is 4. The van der Waals surface area contributed by atoms with E-state index in [4.69, 9.17) is 4.74 Å². The highest BCUT2D eigenvalue weighted by molar-refractivity contribution is 14.0. The van der Waals surface area contributed by atoms with E-state index in [9.17, 15) is 4.79 Å². The van der Waals surface area contributed by atoms with Gasteiger partial charge in [-0.05, 0) is 40.2 Å². The summed E-state index contributed by atoms with van der Waals surface area (Å²) in [5.41, 5.74) is 0. The van der Waals surface area contributed by atoms with E-state index in [0.29, 0.717) is 6.54 Å². The molecule has 0 radical (unpaired) electrons. The molecule has 0 aromatic heterocycles. The minimum atomic E-state index is 0. The molecule has 7 nitrogen and oxygen atoms in total. The molecule has 8 heteroatoms. The lowest BCUT2D eigenvalue weighted by Crippen LogP contribution is -2.45. The Morgan fingerprint density at radius 3 is 2.38 bits per heavy atom. The number of aliphatic imine (C=N–C) groups is 1. The summed E-state index contributed by atoms with van der Waals surface area (Å²) in [6.07, 6.45) is 2.20. The Hall–Kier alpha value is -0.610. The standard InChI is InChI=1S/C18H37N5O2.HI/c1-5-19-18(21(4)16-17(24)23(6-2)7-3)20-10-8-9-11-22-12-14-25-15-13-22;/h5-16H2,1-4H3,(H,19,20);1H. The Bertz CT molecular complexity index is 399. The van der Waals surface area contributed by atoms with E-state index in [1.807, 2.05) is 37.6 Å². The van der Waals surface area contributed by atoms with Crippen molar-refractivity contribution in [1.82, 2.24) is 20.0 Å². The van der Waals surface area contributed by atoms with Crippen LogP contribution in [0.1, 0.15) is 33.6 Å². The summed E-state index contributed by atoms with van der Waals surface area (Å²) in [6.45, 7) is 14.4. The smallest absolute Gasteiger partial charge is 0.242 e. The Balaban J connectivity index is 0.00000625. The van der Waals surface area contributed by atoms with Crippen LogP contribution >= 0.6 is 24.0 Å². The zero-order chi connectivity index (χ0) is 18.5. The molecule has 1 aliphatic rings. The molecule has 0 spiro atoms. The predicted octanol–water partition coefficient (Wildman–Crippen LogP) is 1.48. The van der Waals surface area contributed by atoms with Crippen LogP contribution in [0.25, 0.3) is 0 Å². The van der Waals surface area contributed by atoms with Crippen molar-refractivity contribution in [3.05, 3.63) is 0 Å². The van der Waals surface area contributed by atoms with Gasteiger partial charge in [-0.25, -0.2) is 0 Å². The average molecular weight is 483 g/mol. The summed E-state index contributed by atoms with van der Waals surface area (Å²) in [5, 5.41) is 3.28. The normalized spacial score (nSPS) is 15.3. The number of morpholine rings is 1. The Morgan fingerprint density at radius 1 is 1.15 bits per heavy atom. The zero-order valence-electron chi connectivity index (χ0n) is 17.0. The van der Waals surface area contributed by atoms with E-state index >= 15 is 0 Å². The second kappa shape index (κ2) is 15.4. The number of guanidine groups is 1. The van der Waals surface area contributed by atoms with Crippen LogP contribution in [0.5, 0.6) is 0 Å². The first-order chi connectivity index (χ1) is 12.1. The third-order valence-corrected chi connectivity index (χ3v) is 4.43. The van der Waals surface area contributed by atoms with Crippen LogP contribution in [0.2, 0.25) is 0 Å². The van der Waals surface area contributed by atoms with Crippen molar-refractivity contribution in [2.45, 2.75) is 33.6 Å². The first-order valence-corrected chi connectivity index (χ1v) is 9.69. The zero-order valence-corrected chi connectivity index (χ0v) is 19.3. The van der Waals surface area contributed by atoms with Gasteiger partial charge in [0.1, 0.15) is 0 Å². The molecule has 0 bridgehead atoms. The maximum atomic E-state index is 12.3. The molecule has 1 fully saturated rings. The van der Waals surface area contributed by atoms with Crippen molar-refractivity contribution >= 4 is 35.8 Å². The summed E-state index contributed by atoms with van der Waals surface area (Å²) < 4.78 is 5.37. The SMILES string of the molecule is CCNC(=NCCCCN1CCOCC1)N(C)CC(=O)N(CC)CC.I. The third-order valence-electron chi connectivity index (χ3n) is 4.43. The number of likely N-dealkylation sites (N-methyl/N-ethyl adjacent to an activating group) is 2. The predicted molar refractivity (Wildman–Crippen MR) is 118 cm³/mol. The van der Waals surface area contributed by atoms with Gasteiger partial charge in [-0.2, -0.15) is 0 Å². The van der Waals surface area contributed by atoms with Crippen molar-refractivity contribution in [1.29, 1.82) is 0 Å². The number of amides is 1. The lowest BCUT2D eigenvalue weighted by atomic mass is 10.3. The Morgan fingerprint density at radius 2 is 1.81 bits per heavy atom. The van der Waals surface area contributed by atoms with E-state index in [0.717, 1.165) is 77.8 Å². The average Bonchev–Trinajstić information content (AvgIpc) is 2.62. The quantitative estimate of drug-likeness (QED) is 0.221. The molecule has 1 heterocycles. The monoisotopic (exact) mass is 483 g/mol. The van der Waals surface area contributed by atoms with Gasteiger partial charge in [-0.15, -0.1) is 24.0 Å². The van der Waals surface area contributed by atoms with Gasteiger partial charge in [0, 0.05) is 46.3 Å². The van der Waals surface area contributed by atoms with Gasteiger partial charge >= 0.3 is 0 Å². The minimum absolute atomic E-state index is 0. The van der Waals surface area contributed by atoms with Gasteiger partial charge in [0.15, 0.2) is 5.96 Å². The molecular formula is C18H38IN5O2. The van der Waals surface area contributed by atoms with Crippen LogP contribution in [-0.2, 0) is 9.53 Å². The van der Waals surface area contributed by atoms with Crippen molar-refractivity contribution in [2.24, 2.45) is 4.99 Å². The second-order valence-corrected chi connectivity index (χ2v) is 6.32. The number of rotatable bonds is 10. The van der Waals surface area contributed by atoms with Crippen molar-refractivity contribution in [3.63, 3.8) is 0 Å². The number of ether oxygens (including phenoxy) is 1. The molecule has 1 saturated heterocycles. The van der Waals surface area contributed by atoms with E-state index < -0.39 is 0 Å². The fraction of sp³-hybridized carbons (Fsp3) is 0.889. The summed E-state index contributed by atoms with van der Waals surface area (Å²) in [5.74, 6) is 0.958. The first kappa shape index (κ1) is 25.4. The minimum Gasteiger partial charge on any atom is -0.379 e. The molecule has 154 valence electrons. The first-order valence-electron chi connectivity index (χ1n) is 9.69. The van der Waals surface area contributed by atoms with Crippen LogP contribution in [-0.4, -0.2) is 99.2 Å². The van der Waals surface area contributed by atoms with Crippen molar-refractivity contribution in [2.75, 3.05) is 72.6 Å². The molecular weight excluding hydrogens is 445 g/mol. The number of carbonyl (C=O) groups excluding carboxylic acids is 1. The van der Waals surface area contributed by atoms with Gasteiger partial charge in [-0.1, -0.05) is 0 Å². The van der Waals surface area contributed by atoms with Gasteiger partial charge in [-0.3, -0.25) is 14.7 Å². The summed E-state index contributed by atoms with van der Waals surface area (Å²) in [4.78, 5) is 23.2. The number of unbranched alkanes of at least 4 members (excludes halogenated alkanes) is 1. The molecule has 0 aromatic rings. The molecule has 1 N–H and O–H groups in total. The van der Waals surface area contributed by atoms with E-state index in [1.165, 1.54) is 0 Å². The number of halogens is 1. The van der Waals surface area contributed by atoms with Crippen LogP contribution in [0, 0.1) is 0 Å². The van der Waals surface area contributed by atoms with E-state index in [1.54, 1.807) is 0 Å². The van der Waals surface area contributed by atoms with Crippen molar-refractivity contribution < 1.29 is 9.53 Å². The van der Waals surface area contributed by atoms with E-state index in [-0.39, 0.29) is 29.9 Å². The topological polar surface area (TPSA) is 60.4 Å². The highest BCUT2D eigenvalue weighted by Crippen LogP contribution is 2.01. The number of hydrogen-bond donors (Lipinski definition) is 1. The highest BCUT2D eigenvalue weighted by atomic mass is 127. The van der Waals surface area contributed by atoms with Gasteiger partial charge in [0.25, 0.3) is 0 Å². The van der Waals surface area contributed by atoms with Crippen LogP contribution in [0.15, 0.2) is 4.99 Å². The number of nitrogens with one attached hydrogen (secondary N) is 1. The molecule has 0 atom stereocenters. The fourth-order valence-corrected chi connectivity index (χ4v) is 2.88. The van der Waals surface area contributed by atoms with Crippen LogP contribution in [0.4, 0.5) is 0 Å². The number of hydrogen-bond acceptors (Lipinski definition) is 4. The van der Waals surface area contributed by atoms with Gasteiger partial charge in [0.05, 0.1) is 19.8 Å². The molecule has 0 aromatic carbocycles. The Labute approximate surface area is 176 Å². The van der Waals surface area contributed by atoms with Crippen LogP contribution in [0.3, 0.4) is 0 Å². The molecule has 1 rings (SSSR count). The second-order valence-electron chi connectivity index (χ2n) is 6.32. The van der Waals surface area contributed by atoms with Gasteiger partial charge < -0.3 is 19.9 Å². The highest BCUT2D eigenvalue weighted by Gasteiger charge is 2.15. The summed E-state index contributed by atoms with van der Waals surface area (Å²) in [6, 6.07) is 0. The summed E-state index contributed by atoms with van der Waals surface area (Å²) >= 11 is 0. The molecule has 0 aliphatic carbocycles. The maximum absolute atomic E-state index is 12.3. The molecule has 1 amide bonds. The molecule has 0 saturated carbocycles. The molecule has 1 aliphatic heterocycles. The summed E-state index contributed by atoms with van der Waals surface area (Å²) in [7, 11) is 1.93. The molecule has 26 heavy (non-hydrogen) atoms. The maximum Gasteiger partial charge on any atom is 0.242 e. The number of carbonyl (C=O) groups is 1. The fourth-order valence-electron chi connectivity index (χ4n) is 2.88. The van der Waals surface area contributed by atoms with Gasteiger partial charge in [0.2, 0.25) is 5.91 Å². The largest absolute Gasteiger partial charge is 0.379 e. The third kappa shape index (κ3) is 9.91. The lowest BCUT2D eigenvalue weighted by molar-refractivity contribution is -0.131. The Kier molecular flexibility index (Phi) is 15.1. The van der Waals surface area contributed by atoms with Crippen molar-refractivity contribution in [3.8, 4) is 0 Å². The van der Waals surface area contributed by atoms with E-state index in [2.05, 4.69) is 15.2 Å².